The average Bonchev–Trinajstić information content (AvgIpc) is 2.82. The summed E-state index contributed by atoms with van der Waals surface area (Å²) in [5.41, 5.74) is 2.53. The van der Waals surface area contributed by atoms with Crippen LogP contribution in [0.5, 0.6) is 11.5 Å². The number of benzene rings is 3. The molecule has 0 spiro atoms. The topological polar surface area (TPSA) is 81.7 Å². The predicted molar refractivity (Wildman–Crippen MR) is 123 cm³/mol. The SMILES string of the molecule is COc1ccc(/C=C/C(=O)c2ccc(NC(=O)COc3ccc(C(C)=O)cc3)cc2)cc1. The zero-order valence-corrected chi connectivity index (χ0v) is 17.8. The Hall–Kier alpha value is -4.19. The molecule has 0 aromatic heterocycles. The van der Waals surface area contributed by atoms with Gasteiger partial charge in [0.2, 0.25) is 0 Å². The number of amides is 1. The highest BCUT2D eigenvalue weighted by Crippen LogP contribution is 2.15. The van der Waals surface area contributed by atoms with E-state index in [4.69, 9.17) is 9.47 Å². The predicted octanol–water partition coefficient (Wildman–Crippen LogP) is 4.81. The summed E-state index contributed by atoms with van der Waals surface area (Å²) in [5, 5.41) is 2.72. The van der Waals surface area contributed by atoms with Gasteiger partial charge < -0.3 is 14.8 Å². The third-order valence-corrected chi connectivity index (χ3v) is 4.63. The van der Waals surface area contributed by atoms with Gasteiger partial charge >= 0.3 is 0 Å². The van der Waals surface area contributed by atoms with Gasteiger partial charge in [0.1, 0.15) is 11.5 Å². The Kier molecular flexibility index (Phi) is 7.54. The van der Waals surface area contributed by atoms with Crippen molar-refractivity contribution in [1.29, 1.82) is 0 Å². The summed E-state index contributed by atoms with van der Waals surface area (Å²) in [5.74, 6) is 0.736. The molecule has 0 aliphatic rings. The molecule has 1 amide bonds. The quantitative estimate of drug-likeness (QED) is 0.390. The lowest BCUT2D eigenvalue weighted by Crippen LogP contribution is -2.20. The Balaban J connectivity index is 1.50. The Labute approximate surface area is 186 Å². The van der Waals surface area contributed by atoms with E-state index in [0.717, 1.165) is 11.3 Å². The normalized spacial score (nSPS) is 10.6. The van der Waals surface area contributed by atoms with Crippen LogP contribution in [0.25, 0.3) is 6.08 Å². The third-order valence-electron chi connectivity index (χ3n) is 4.63. The first-order valence-corrected chi connectivity index (χ1v) is 9.95. The second kappa shape index (κ2) is 10.7. The number of ether oxygens (including phenoxy) is 2. The van der Waals surface area contributed by atoms with E-state index >= 15 is 0 Å². The Morgan fingerprint density at radius 3 is 2.00 bits per heavy atom. The molecule has 0 saturated heterocycles. The molecule has 0 heterocycles. The number of rotatable bonds is 9. The van der Waals surface area contributed by atoms with Crippen molar-refractivity contribution in [3.8, 4) is 11.5 Å². The fraction of sp³-hybridized carbons (Fsp3) is 0.115. The standard InChI is InChI=1S/C26H23NO5/c1-18(28)20-8-14-24(15-9-20)32-17-26(30)27-22-10-6-21(7-11-22)25(29)16-5-19-3-12-23(31-2)13-4-19/h3-16H,17H2,1-2H3,(H,27,30)/b16-5+. The van der Waals surface area contributed by atoms with E-state index in [1.165, 1.54) is 13.0 Å². The maximum absolute atomic E-state index is 12.4. The van der Waals surface area contributed by atoms with Gasteiger partial charge in [-0.2, -0.15) is 0 Å². The number of carbonyl (C=O) groups is 3. The molecule has 0 unspecified atom stereocenters. The van der Waals surface area contributed by atoms with E-state index in [9.17, 15) is 14.4 Å². The molecule has 3 aromatic carbocycles. The van der Waals surface area contributed by atoms with Crippen molar-refractivity contribution in [2.24, 2.45) is 0 Å². The summed E-state index contributed by atoms with van der Waals surface area (Å²) in [6, 6.07) is 20.6. The summed E-state index contributed by atoms with van der Waals surface area (Å²) >= 11 is 0. The third kappa shape index (κ3) is 6.40. The summed E-state index contributed by atoms with van der Waals surface area (Å²) < 4.78 is 10.5. The smallest absolute Gasteiger partial charge is 0.262 e. The fourth-order valence-electron chi connectivity index (χ4n) is 2.83. The van der Waals surface area contributed by atoms with E-state index in [0.29, 0.717) is 22.6 Å². The number of carbonyl (C=O) groups excluding carboxylic acids is 3. The van der Waals surface area contributed by atoms with Gasteiger partial charge in [0.15, 0.2) is 18.2 Å². The molecule has 0 aliphatic heterocycles. The molecule has 3 aromatic rings. The largest absolute Gasteiger partial charge is 0.497 e. The van der Waals surface area contributed by atoms with Crippen molar-refractivity contribution in [3.05, 3.63) is 95.6 Å². The minimum atomic E-state index is -0.334. The van der Waals surface area contributed by atoms with Gasteiger partial charge in [-0.05, 0) is 79.2 Å². The first-order valence-electron chi connectivity index (χ1n) is 9.95. The molecule has 6 nitrogen and oxygen atoms in total. The van der Waals surface area contributed by atoms with Crippen LogP contribution in [0, 0.1) is 0 Å². The van der Waals surface area contributed by atoms with Gasteiger partial charge in [-0.3, -0.25) is 14.4 Å². The molecule has 162 valence electrons. The number of hydrogen-bond acceptors (Lipinski definition) is 5. The van der Waals surface area contributed by atoms with Crippen molar-refractivity contribution in [2.75, 3.05) is 19.0 Å². The van der Waals surface area contributed by atoms with E-state index in [1.54, 1.807) is 61.7 Å². The lowest BCUT2D eigenvalue weighted by Gasteiger charge is -2.08. The monoisotopic (exact) mass is 429 g/mol. The van der Waals surface area contributed by atoms with Crippen molar-refractivity contribution in [1.82, 2.24) is 0 Å². The van der Waals surface area contributed by atoms with Crippen molar-refractivity contribution < 1.29 is 23.9 Å². The molecule has 0 bridgehead atoms. The molecular weight excluding hydrogens is 406 g/mol. The molecule has 3 rings (SSSR count). The van der Waals surface area contributed by atoms with Crippen molar-refractivity contribution in [3.63, 3.8) is 0 Å². The molecule has 0 saturated carbocycles. The van der Waals surface area contributed by atoms with Gasteiger partial charge in [0.05, 0.1) is 7.11 Å². The first kappa shape index (κ1) is 22.5. The summed E-state index contributed by atoms with van der Waals surface area (Å²) in [6.07, 6.45) is 3.23. The highest BCUT2D eigenvalue weighted by molar-refractivity contribution is 6.07. The van der Waals surface area contributed by atoms with Crippen LogP contribution in [0.15, 0.2) is 78.9 Å². The summed E-state index contributed by atoms with van der Waals surface area (Å²) in [6.45, 7) is 1.31. The first-order chi connectivity index (χ1) is 15.4. The van der Waals surface area contributed by atoms with Crippen LogP contribution in [-0.2, 0) is 4.79 Å². The van der Waals surface area contributed by atoms with Crippen molar-refractivity contribution >= 4 is 29.2 Å². The van der Waals surface area contributed by atoms with Crippen LogP contribution in [-0.4, -0.2) is 31.2 Å². The minimum Gasteiger partial charge on any atom is -0.497 e. The molecule has 0 atom stereocenters. The number of allylic oxidation sites excluding steroid dienone is 1. The lowest BCUT2D eigenvalue weighted by atomic mass is 10.1. The number of methoxy groups -OCH3 is 1. The lowest BCUT2D eigenvalue weighted by molar-refractivity contribution is -0.118. The Morgan fingerprint density at radius 1 is 0.812 bits per heavy atom. The second-order valence-electron chi connectivity index (χ2n) is 6.97. The van der Waals surface area contributed by atoms with Gasteiger partial charge in [-0.1, -0.05) is 18.2 Å². The van der Waals surface area contributed by atoms with Gasteiger partial charge in [-0.25, -0.2) is 0 Å². The van der Waals surface area contributed by atoms with Crippen LogP contribution >= 0.6 is 0 Å². The number of nitrogens with one attached hydrogen (secondary N) is 1. The molecule has 1 N–H and O–H groups in total. The van der Waals surface area contributed by atoms with Crippen LogP contribution in [0.3, 0.4) is 0 Å². The zero-order valence-electron chi connectivity index (χ0n) is 17.8. The molecule has 0 radical (unpaired) electrons. The summed E-state index contributed by atoms with van der Waals surface area (Å²) in [7, 11) is 1.60. The maximum atomic E-state index is 12.4. The van der Waals surface area contributed by atoms with E-state index in [1.807, 2.05) is 24.3 Å². The number of hydrogen-bond donors (Lipinski definition) is 1. The van der Waals surface area contributed by atoms with E-state index < -0.39 is 0 Å². The van der Waals surface area contributed by atoms with E-state index in [-0.39, 0.29) is 24.1 Å². The highest BCUT2D eigenvalue weighted by Gasteiger charge is 2.07. The second-order valence-corrected chi connectivity index (χ2v) is 6.97. The Bertz CT molecular complexity index is 1110. The number of ketones is 2. The van der Waals surface area contributed by atoms with Crippen LogP contribution in [0.1, 0.15) is 33.2 Å². The Morgan fingerprint density at radius 2 is 1.41 bits per heavy atom. The highest BCUT2D eigenvalue weighted by atomic mass is 16.5. The van der Waals surface area contributed by atoms with Gasteiger partial charge in [0, 0.05) is 16.8 Å². The van der Waals surface area contributed by atoms with Crippen LogP contribution < -0.4 is 14.8 Å². The van der Waals surface area contributed by atoms with Gasteiger partial charge in [0.25, 0.3) is 5.91 Å². The molecule has 0 aliphatic carbocycles. The zero-order chi connectivity index (χ0) is 22.9. The van der Waals surface area contributed by atoms with Gasteiger partial charge in [-0.15, -0.1) is 0 Å². The molecule has 32 heavy (non-hydrogen) atoms. The van der Waals surface area contributed by atoms with Crippen LogP contribution in [0.2, 0.25) is 0 Å². The van der Waals surface area contributed by atoms with Crippen LogP contribution in [0.4, 0.5) is 5.69 Å². The maximum Gasteiger partial charge on any atom is 0.262 e. The molecular formula is C26H23NO5. The van der Waals surface area contributed by atoms with Crippen molar-refractivity contribution in [2.45, 2.75) is 6.92 Å². The fourth-order valence-corrected chi connectivity index (χ4v) is 2.83. The van der Waals surface area contributed by atoms with E-state index in [2.05, 4.69) is 5.32 Å². The average molecular weight is 429 g/mol. The summed E-state index contributed by atoms with van der Waals surface area (Å²) in [4.78, 5) is 35.7. The molecule has 6 heteroatoms. The number of Topliss-reactive ketones (excluding diaryl/α,β-unsaturated/α-hetero) is 1. The molecule has 0 fully saturated rings. The minimum absolute atomic E-state index is 0.0348. The number of anilines is 1.